The summed E-state index contributed by atoms with van der Waals surface area (Å²) >= 11 is 0. The van der Waals surface area contributed by atoms with Crippen LogP contribution in [0.2, 0.25) is 0 Å². The van der Waals surface area contributed by atoms with Crippen LogP contribution in [-0.2, 0) is 0 Å². The van der Waals surface area contributed by atoms with Crippen LogP contribution < -0.4 is 4.99 Å². The molecule has 6 nitrogen and oxygen atoms in total. The van der Waals surface area contributed by atoms with Crippen LogP contribution in [0.1, 0.15) is 22.3 Å². The van der Waals surface area contributed by atoms with Gasteiger partial charge in [-0.05, 0) is 76.9 Å². The smallest absolute Gasteiger partial charge is 0.214 e. The number of fused-ring (bicyclic) bond motifs is 4. The highest BCUT2D eigenvalue weighted by Gasteiger charge is 2.31. The molecule has 0 radical (unpaired) electrons. The van der Waals surface area contributed by atoms with E-state index in [0.29, 0.717) is 5.70 Å². The van der Waals surface area contributed by atoms with Gasteiger partial charge in [-0.15, -0.1) is 0 Å². The van der Waals surface area contributed by atoms with Crippen LogP contribution >= 0.6 is 0 Å². The van der Waals surface area contributed by atoms with Crippen molar-refractivity contribution in [3.05, 3.63) is 263 Å². The lowest BCUT2D eigenvalue weighted by atomic mass is 9.95. The van der Waals surface area contributed by atoms with Crippen molar-refractivity contribution in [2.24, 2.45) is 15.0 Å². The highest BCUT2D eigenvalue weighted by molar-refractivity contribution is 6.39. The van der Waals surface area contributed by atoms with Crippen LogP contribution in [0.3, 0.4) is 0 Å². The Hall–Kier alpha value is -7.96. The van der Waals surface area contributed by atoms with Crippen molar-refractivity contribution in [1.29, 1.82) is 0 Å². The fourth-order valence-electron chi connectivity index (χ4n) is 8.03. The number of aliphatic hydroxyl groups is 1. The summed E-state index contributed by atoms with van der Waals surface area (Å²) in [4.78, 5) is 22.1. The van der Waals surface area contributed by atoms with Crippen LogP contribution in [0.15, 0.2) is 255 Å². The van der Waals surface area contributed by atoms with E-state index in [9.17, 15) is 5.11 Å². The molecule has 10 rings (SSSR count). The fourth-order valence-corrected chi connectivity index (χ4v) is 8.03. The van der Waals surface area contributed by atoms with Crippen LogP contribution in [0.25, 0.3) is 22.3 Å². The quantitative estimate of drug-likeness (QED) is 0.192. The van der Waals surface area contributed by atoms with Crippen LogP contribution in [0.4, 0.5) is 0 Å². The van der Waals surface area contributed by atoms with E-state index in [1.165, 1.54) is 0 Å². The van der Waals surface area contributed by atoms with Gasteiger partial charge in [0.15, 0.2) is 0 Å². The number of hydrogen-bond acceptors (Lipinski definition) is 5. The Morgan fingerprint density at radius 2 is 1.08 bits per heavy atom. The number of aliphatic hydroxyl groups excluding tert-OH is 1. The maximum Gasteiger partial charge on any atom is 0.214 e. The minimum atomic E-state index is 0.140. The van der Waals surface area contributed by atoms with Crippen molar-refractivity contribution in [3.63, 3.8) is 0 Å². The number of allylic oxidation sites excluding steroid dienone is 16. The Kier molecular flexibility index (Phi) is 9.12. The van der Waals surface area contributed by atoms with Crippen LogP contribution in [0, 0.1) is 0 Å². The van der Waals surface area contributed by atoms with Gasteiger partial charge in [0.05, 0.1) is 51.1 Å². The van der Waals surface area contributed by atoms with Gasteiger partial charge in [-0.2, -0.15) is 0 Å². The molecule has 280 valence electrons. The molecule has 0 saturated carbocycles. The lowest BCUT2D eigenvalue weighted by Gasteiger charge is -2.18. The van der Waals surface area contributed by atoms with E-state index in [-0.39, 0.29) is 5.76 Å². The lowest BCUT2D eigenvalue weighted by molar-refractivity contribution is -0.383. The van der Waals surface area contributed by atoms with Gasteiger partial charge in [0.1, 0.15) is 5.76 Å². The van der Waals surface area contributed by atoms with Gasteiger partial charge in [0.25, 0.3) is 0 Å². The van der Waals surface area contributed by atoms with Crippen molar-refractivity contribution in [2.45, 2.75) is 0 Å². The Morgan fingerprint density at radius 1 is 0.542 bits per heavy atom. The molecule has 0 aliphatic carbocycles. The predicted molar refractivity (Wildman–Crippen MR) is 242 cm³/mol. The first-order valence-electron chi connectivity index (χ1n) is 19.6. The minimum Gasteiger partial charge on any atom is -0.506 e. The largest absolute Gasteiger partial charge is 0.506 e. The molecule has 0 spiro atoms. The van der Waals surface area contributed by atoms with Crippen molar-refractivity contribution in [2.75, 3.05) is 7.05 Å². The second-order valence-corrected chi connectivity index (χ2v) is 14.5. The van der Waals surface area contributed by atoms with E-state index in [1.54, 1.807) is 6.08 Å². The summed E-state index contributed by atoms with van der Waals surface area (Å²) in [5.74, 6) is 0.140. The van der Waals surface area contributed by atoms with Crippen molar-refractivity contribution >= 4 is 45.1 Å². The van der Waals surface area contributed by atoms with Gasteiger partial charge >= 0.3 is 0 Å². The number of benzene rings is 4. The molecule has 6 aliphatic heterocycles. The molecule has 0 unspecified atom stereocenters. The first-order chi connectivity index (χ1) is 29.1. The van der Waals surface area contributed by atoms with Crippen molar-refractivity contribution < 1.29 is 10.1 Å². The molecule has 6 heteroatoms. The average Bonchev–Trinajstić information content (AvgIpc) is 4.12. The SMILES string of the molecule is CN1C=CC=CC1=C(O)/C=C/C1=CC2=NC1=C(c1ccccc1)C1=NC(=C(c3ccccc3)C3=[NH+]C(=C(c4ccccc4)C4=NC(=C2c2ccccc2)C=C4)C=C3)C=C1. The Morgan fingerprint density at radius 3 is 1.69 bits per heavy atom. The van der Waals surface area contributed by atoms with E-state index in [0.717, 1.165) is 95.8 Å². The average molecular weight is 761 g/mol. The van der Waals surface area contributed by atoms with Gasteiger partial charge < -0.3 is 10.0 Å². The normalized spacial score (nSPS) is 19.0. The first kappa shape index (κ1) is 35.5. The molecule has 6 heterocycles. The van der Waals surface area contributed by atoms with E-state index in [2.05, 4.69) is 120 Å². The highest BCUT2D eigenvalue weighted by Crippen LogP contribution is 2.39. The summed E-state index contributed by atoms with van der Waals surface area (Å²) in [5, 5.41) is 11.4. The molecule has 0 amide bonds. The number of aliphatic imine (C=N–C) groups is 3. The van der Waals surface area contributed by atoms with E-state index in [1.807, 2.05) is 91.0 Å². The molecule has 59 heavy (non-hydrogen) atoms. The number of rotatable bonds is 6. The first-order valence-corrected chi connectivity index (χ1v) is 19.6. The molecule has 8 bridgehead atoms. The number of hydrogen-bond donors (Lipinski definition) is 2. The summed E-state index contributed by atoms with van der Waals surface area (Å²) in [6.07, 6.45) is 26.1. The van der Waals surface area contributed by atoms with E-state index in [4.69, 9.17) is 15.0 Å². The third-order valence-corrected chi connectivity index (χ3v) is 10.8. The zero-order valence-corrected chi connectivity index (χ0v) is 32.3. The second kappa shape index (κ2) is 15.2. The van der Waals surface area contributed by atoms with E-state index >= 15 is 0 Å². The zero-order valence-electron chi connectivity index (χ0n) is 32.3. The Bertz CT molecular complexity index is 2940. The van der Waals surface area contributed by atoms with Gasteiger partial charge in [0.2, 0.25) is 11.4 Å². The Balaban J connectivity index is 1.29. The molecule has 4 aromatic rings. The molecular weight excluding hydrogens is 723 g/mol. The maximum absolute atomic E-state index is 11.4. The maximum atomic E-state index is 11.4. The van der Waals surface area contributed by atoms with Crippen molar-refractivity contribution in [1.82, 2.24) is 4.90 Å². The third-order valence-electron chi connectivity index (χ3n) is 10.8. The van der Waals surface area contributed by atoms with Crippen LogP contribution in [-0.4, -0.2) is 39.9 Å². The molecule has 0 atom stereocenters. The minimum absolute atomic E-state index is 0.140. The molecule has 0 saturated heterocycles. The molecule has 0 fully saturated rings. The summed E-state index contributed by atoms with van der Waals surface area (Å²) < 4.78 is 0. The number of nitrogens with zero attached hydrogens (tertiary/aromatic N) is 4. The third kappa shape index (κ3) is 6.73. The number of likely N-dealkylation sites (N-methyl/N-ethyl adjacent to an activating group) is 1. The summed E-state index contributed by atoms with van der Waals surface area (Å²) in [5.41, 5.74) is 16.0. The highest BCUT2D eigenvalue weighted by atomic mass is 16.3. The summed E-state index contributed by atoms with van der Waals surface area (Å²) in [6.45, 7) is 0. The lowest BCUT2D eigenvalue weighted by Crippen LogP contribution is -2.68. The van der Waals surface area contributed by atoms with Gasteiger partial charge in [-0.25, -0.2) is 20.0 Å². The monoisotopic (exact) mass is 760 g/mol. The van der Waals surface area contributed by atoms with Crippen LogP contribution in [0.5, 0.6) is 0 Å². The zero-order chi connectivity index (χ0) is 39.7. The molecular formula is C53H38N5O+. The standard InChI is InChI=1S/C53H37N5O/c1-58-33-15-14-24-47(58)48(59)32-25-39-34-46-51(37-20-10-4-11-21-37)44-29-28-42(55-44)49(35-16-6-2-7-17-35)40-26-27-41(54-40)50(36-18-8-3-9-19-36)43-30-31-45(56-43)52(53(39)57-46)38-22-12-5-13-23-38/h2-34,59H,1H3/p+1/b32-25+,48-47?,49-40?,49-42?,50-41?,50-43?,51-44?,51-46?,52-45?,53-52?. The summed E-state index contributed by atoms with van der Waals surface area (Å²) in [7, 11) is 1.92. The van der Waals surface area contributed by atoms with E-state index < -0.39 is 0 Å². The number of nitrogens with one attached hydrogen (secondary N) is 1. The molecule has 2 N–H and O–H groups in total. The topological polar surface area (TPSA) is 74.5 Å². The Labute approximate surface area is 343 Å². The van der Waals surface area contributed by atoms with Gasteiger partial charge in [0, 0.05) is 42.1 Å². The molecule has 6 aliphatic rings. The van der Waals surface area contributed by atoms with Gasteiger partial charge in [-0.1, -0.05) is 127 Å². The predicted octanol–water partition coefficient (Wildman–Crippen LogP) is 9.48. The molecule has 4 aromatic carbocycles. The van der Waals surface area contributed by atoms with Gasteiger partial charge in [-0.3, -0.25) is 0 Å². The molecule has 0 aromatic heterocycles. The van der Waals surface area contributed by atoms with Crippen molar-refractivity contribution in [3.8, 4) is 0 Å². The second-order valence-electron chi connectivity index (χ2n) is 14.5. The fraction of sp³-hybridized carbons (Fsp3) is 0.0189. The summed E-state index contributed by atoms with van der Waals surface area (Å²) in [6, 6.07) is 41.4.